The third kappa shape index (κ3) is 4.26. The van der Waals surface area contributed by atoms with Crippen LogP contribution in [0.3, 0.4) is 0 Å². The molecule has 0 radical (unpaired) electrons. The molecule has 0 saturated heterocycles. The van der Waals surface area contributed by atoms with Gasteiger partial charge in [-0.25, -0.2) is 0 Å². The first-order valence-corrected chi connectivity index (χ1v) is 6.92. The topological polar surface area (TPSA) is 39.6 Å². The number of unbranched alkanes of at least 4 members (excludes halogenated alkanes) is 4. The Bertz CT molecular complexity index is 357. The Morgan fingerprint density at radius 2 is 1.71 bits per heavy atom. The Balaban J connectivity index is 2.62. The first kappa shape index (κ1) is 13.8. The first-order chi connectivity index (χ1) is 8.33. The predicted molar refractivity (Wildman–Crippen MR) is 72.0 cm³/mol. The molecule has 0 aromatic carbocycles. The number of hydrogen-bond acceptors (Lipinski definition) is 1. The monoisotopic (exact) mass is 232 g/mol. The normalized spacial score (nSPS) is 10.4. The Kier molecular flexibility index (Phi) is 6.47. The van der Waals surface area contributed by atoms with Crippen LogP contribution in [-0.4, -0.2) is 4.98 Å². The van der Waals surface area contributed by atoms with Crippen molar-refractivity contribution < 1.29 is 0 Å². The number of nitrogens with one attached hydrogen (secondary N) is 1. The van der Waals surface area contributed by atoms with Gasteiger partial charge in [-0.05, 0) is 36.8 Å². The lowest BCUT2D eigenvalue weighted by molar-refractivity contribution is 0.695. The molecule has 0 bridgehead atoms. The van der Waals surface area contributed by atoms with Gasteiger partial charge < -0.3 is 4.98 Å². The van der Waals surface area contributed by atoms with E-state index in [-0.39, 0.29) is 0 Å². The third-order valence-electron chi connectivity index (χ3n) is 3.27. The van der Waals surface area contributed by atoms with Crippen molar-refractivity contribution in [2.45, 2.75) is 65.2 Å². The molecule has 0 atom stereocenters. The first-order valence-electron chi connectivity index (χ1n) is 6.92. The average molecular weight is 232 g/mol. The number of aryl methyl sites for hydroxylation is 1. The molecule has 17 heavy (non-hydrogen) atoms. The second-order valence-corrected chi connectivity index (χ2v) is 4.69. The predicted octanol–water partition coefficient (Wildman–Crippen LogP) is 4.35. The molecule has 1 N–H and O–H groups in total. The summed E-state index contributed by atoms with van der Waals surface area (Å²) in [4.78, 5) is 3.12. The number of rotatable bonds is 8. The Morgan fingerprint density at radius 1 is 1.06 bits per heavy atom. The summed E-state index contributed by atoms with van der Waals surface area (Å²) >= 11 is 0. The Labute approximate surface area is 105 Å². The van der Waals surface area contributed by atoms with E-state index in [1.165, 1.54) is 49.7 Å². The molecule has 0 amide bonds. The molecule has 0 aliphatic rings. The fourth-order valence-corrected chi connectivity index (χ4v) is 2.22. The van der Waals surface area contributed by atoms with Crippen LogP contribution in [0.5, 0.6) is 0 Å². The molecule has 0 aliphatic carbocycles. The molecule has 0 unspecified atom stereocenters. The highest BCUT2D eigenvalue weighted by molar-refractivity contribution is 5.38. The van der Waals surface area contributed by atoms with Gasteiger partial charge in [0.1, 0.15) is 11.8 Å². The van der Waals surface area contributed by atoms with Gasteiger partial charge in [0.25, 0.3) is 0 Å². The van der Waals surface area contributed by atoms with E-state index in [1.807, 2.05) is 6.20 Å². The van der Waals surface area contributed by atoms with Crippen LogP contribution in [-0.2, 0) is 12.8 Å². The molecule has 0 spiro atoms. The van der Waals surface area contributed by atoms with Crippen LogP contribution in [0.4, 0.5) is 0 Å². The van der Waals surface area contributed by atoms with E-state index in [0.717, 1.165) is 18.5 Å². The molecular weight excluding hydrogens is 208 g/mol. The van der Waals surface area contributed by atoms with Crippen LogP contribution in [0.1, 0.15) is 69.2 Å². The summed E-state index contributed by atoms with van der Waals surface area (Å²) in [5.74, 6) is 0. The van der Waals surface area contributed by atoms with Crippen LogP contribution in [0, 0.1) is 11.3 Å². The van der Waals surface area contributed by atoms with Gasteiger partial charge in [-0.2, -0.15) is 5.26 Å². The highest BCUT2D eigenvalue weighted by Gasteiger charge is 2.10. The summed E-state index contributed by atoms with van der Waals surface area (Å²) in [6.45, 7) is 4.43. The van der Waals surface area contributed by atoms with Crippen molar-refractivity contribution in [2.24, 2.45) is 0 Å². The van der Waals surface area contributed by atoms with Crippen molar-refractivity contribution >= 4 is 0 Å². The number of hydrogen-bond donors (Lipinski definition) is 1. The smallest absolute Gasteiger partial charge is 0.121 e. The molecule has 1 aromatic heterocycles. The number of H-pyrrole nitrogens is 1. The quantitative estimate of drug-likeness (QED) is 0.665. The van der Waals surface area contributed by atoms with Gasteiger partial charge in [0, 0.05) is 6.20 Å². The van der Waals surface area contributed by atoms with Crippen molar-refractivity contribution in [3.8, 4) is 6.07 Å². The molecule has 0 saturated carbocycles. The summed E-state index contributed by atoms with van der Waals surface area (Å²) in [7, 11) is 0. The van der Waals surface area contributed by atoms with E-state index in [2.05, 4.69) is 24.9 Å². The summed E-state index contributed by atoms with van der Waals surface area (Å²) in [6.07, 6.45) is 11.7. The summed E-state index contributed by atoms with van der Waals surface area (Å²) in [5.41, 5.74) is 3.43. The molecule has 1 heterocycles. The summed E-state index contributed by atoms with van der Waals surface area (Å²) in [6, 6.07) is 2.28. The molecular formula is C15H24N2. The Hall–Kier alpha value is -1.23. The lowest BCUT2D eigenvalue weighted by Crippen LogP contribution is -1.94. The SMILES string of the molecule is CCCCCc1c[nH]c(C#N)c1CCCCC. The van der Waals surface area contributed by atoms with Crippen molar-refractivity contribution in [3.05, 3.63) is 23.0 Å². The third-order valence-corrected chi connectivity index (χ3v) is 3.27. The fourth-order valence-electron chi connectivity index (χ4n) is 2.22. The highest BCUT2D eigenvalue weighted by Crippen LogP contribution is 2.19. The summed E-state index contributed by atoms with van der Waals surface area (Å²) in [5, 5.41) is 9.08. The minimum atomic E-state index is 0.785. The molecule has 0 aliphatic heterocycles. The molecule has 2 nitrogen and oxygen atoms in total. The van der Waals surface area contributed by atoms with Gasteiger partial charge >= 0.3 is 0 Å². The van der Waals surface area contributed by atoms with E-state index in [4.69, 9.17) is 5.26 Å². The van der Waals surface area contributed by atoms with E-state index in [9.17, 15) is 0 Å². The number of aromatic nitrogens is 1. The summed E-state index contributed by atoms with van der Waals surface area (Å²) < 4.78 is 0. The minimum absolute atomic E-state index is 0.785. The van der Waals surface area contributed by atoms with Crippen molar-refractivity contribution in [3.63, 3.8) is 0 Å². The fraction of sp³-hybridized carbons (Fsp3) is 0.667. The molecule has 1 rings (SSSR count). The van der Waals surface area contributed by atoms with Gasteiger partial charge in [-0.1, -0.05) is 39.5 Å². The van der Waals surface area contributed by atoms with Gasteiger partial charge in [-0.3, -0.25) is 0 Å². The Morgan fingerprint density at radius 3 is 2.29 bits per heavy atom. The van der Waals surface area contributed by atoms with E-state index < -0.39 is 0 Å². The maximum atomic E-state index is 9.08. The van der Waals surface area contributed by atoms with Crippen LogP contribution in [0.2, 0.25) is 0 Å². The number of aromatic amines is 1. The number of nitrogens with zero attached hydrogens (tertiary/aromatic N) is 1. The molecule has 0 fully saturated rings. The van der Waals surface area contributed by atoms with Crippen LogP contribution in [0.25, 0.3) is 0 Å². The lowest BCUT2D eigenvalue weighted by Gasteiger charge is -2.04. The van der Waals surface area contributed by atoms with E-state index in [1.54, 1.807) is 0 Å². The second kappa shape index (κ2) is 7.95. The largest absolute Gasteiger partial charge is 0.353 e. The number of nitriles is 1. The minimum Gasteiger partial charge on any atom is -0.353 e. The van der Waals surface area contributed by atoms with Crippen LogP contribution < -0.4 is 0 Å². The molecule has 2 heteroatoms. The van der Waals surface area contributed by atoms with E-state index >= 15 is 0 Å². The average Bonchev–Trinajstić information content (AvgIpc) is 2.73. The zero-order chi connectivity index (χ0) is 12.5. The molecule has 94 valence electrons. The van der Waals surface area contributed by atoms with Crippen molar-refractivity contribution in [1.82, 2.24) is 4.98 Å². The maximum Gasteiger partial charge on any atom is 0.121 e. The van der Waals surface area contributed by atoms with E-state index in [0.29, 0.717) is 0 Å². The van der Waals surface area contributed by atoms with Gasteiger partial charge in [0.2, 0.25) is 0 Å². The highest BCUT2D eigenvalue weighted by atomic mass is 14.7. The maximum absolute atomic E-state index is 9.08. The van der Waals surface area contributed by atoms with Crippen molar-refractivity contribution in [1.29, 1.82) is 5.26 Å². The van der Waals surface area contributed by atoms with Crippen LogP contribution in [0.15, 0.2) is 6.20 Å². The second-order valence-electron chi connectivity index (χ2n) is 4.69. The van der Waals surface area contributed by atoms with Gasteiger partial charge in [-0.15, -0.1) is 0 Å². The van der Waals surface area contributed by atoms with Crippen LogP contribution >= 0.6 is 0 Å². The lowest BCUT2D eigenvalue weighted by atomic mass is 9.99. The standard InChI is InChI=1S/C15H24N2/c1-3-5-7-9-13-12-17-15(11-16)14(13)10-8-6-4-2/h12,17H,3-10H2,1-2H3. The zero-order valence-electron chi connectivity index (χ0n) is 11.2. The zero-order valence-corrected chi connectivity index (χ0v) is 11.2. The molecule has 1 aromatic rings. The van der Waals surface area contributed by atoms with Crippen molar-refractivity contribution in [2.75, 3.05) is 0 Å². The van der Waals surface area contributed by atoms with Gasteiger partial charge in [0.15, 0.2) is 0 Å². The van der Waals surface area contributed by atoms with Gasteiger partial charge in [0.05, 0.1) is 0 Å².